The number of rotatable bonds is 3. The van der Waals surface area contributed by atoms with Gasteiger partial charge in [0, 0.05) is 0 Å². The molecule has 0 radical (unpaired) electrons. The Labute approximate surface area is 125 Å². The molecule has 2 aromatic carbocycles. The van der Waals surface area contributed by atoms with Crippen LogP contribution in [0.2, 0.25) is 10.0 Å². The molecule has 0 spiro atoms. The van der Waals surface area contributed by atoms with Gasteiger partial charge in [-0.3, -0.25) is 4.72 Å². The zero-order valence-electron chi connectivity index (χ0n) is 9.90. The van der Waals surface area contributed by atoms with Gasteiger partial charge in [0.25, 0.3) is 10.0 Å². The Balaban J connectivity index is 2.41. The molecule has 0 aliphatic heterocycles. The molecular formula is C12H9Cl2FN2O2S. The first-order chi connectivity index (χ1) is 9.31. The normalized spacial score (nSPS) is 11.3. The topological polar surface area (TPSA) is 72.2 Å². The minimum absolute atomic E-state index is 0.0636. The van der Waals surface area contributed by atoms with Crippen molar-refractivity contribution in [2.45, 2.75) is 4.90 Å². The third kappa shape index (κ3) is 2.98. The second-order valence-electron chi connectivity index (χ2n) is 3.89. The molecule has 0 aromatic heterocycles. The van der Waals surface area contributed by atoms with Crippen molar-refractivity contribution in [3.63, 3.8) is 0 Å². The minimum Gasteiger partial charge on any atom is -0.396 e. The summed E-state index contributed by atoms with van der Waals surface area (Å²) in [4.78, 5) is -0.264. The average Bonchev–Trinajstić information content (AvgIpc) is 2.38. The van der Waals surface area contributed by atoms with Gasteiger partial charge in [-0.15, -0.1) is 0 Å². The van der Waals surface area contributed by atoms with Crippen LogP contribution in [-0.4, -0.2) is 8.42 Å². The molecule has 2 rings (SSSR count). The van der Waals surface area contributed by atoms with Gasteiger partial charge in [0.2, 0.25) is 0 Å². The molecule has 106 valence electrons. The number of hydrogen-bond acceptors (Lipinski definition) is 3. The van der Waals surface area contributed by atoms with Crippen LogP contribution in [0.4, 0.5) is 15.8 Å². The summed E-state index contributed by atoms with van der Waals surface area (Å²) in [5, 5.41) is 0.268. The highest BCUT2D eigenvalue weighted by Gasteiger charge is 2.18. The van der Waals surface area contributed by atoms with Gasteiger partial charge in [0.1, 0.15) is 5.82 Å². The van der Waals surface area contributed by atoms with Gasteiger partial charge in [0.15, 0.2) is 0 Å². The lowest BCUT2D eigenvalue weighted by molar-refractivity contribution is 0.596. The SMILES string of the molecule is Nc1ccc(S(=O)(=O)Nc2cccc(Cl)c2Cl)cc1F. The van der Waals surface area contributed by atoms with Crippen molar-refractivity contribution < 1.29 is 12.8 Å². The fourth-order valence-corrected chi connectivity index (χ4v) is 2.95. The van der Waals surface area contributed by atoms with Crippen LogP contribution < -0.4 is 10.5 Å². The van der Waals surface area contributed by atoms with Crippen molar-refractivity contribution in [1.29, 1.82) is 0 Å². The highest BCUT2D eigenvalue weighted by atomic mass is 35.5. The first-order valence-electron chi connectivity index (χ1n) is 5.33. The van der Waals surface area contributed by atoms with Crippen LogP contribution in [0.15, 0.2) is 41.3 Å². The summed E-state index contributed by atoms with van der Waals surface area (Å²) in [5.74, 6) is -0.815. The van der Waals surface area contributed by atoms with Crippen molar-refractivity contribution in [3.05, 3.63) is 52.3 Å². The van der Waals surface area contributed by atoms with Gasteiger partial charge < -0.3 is 5.73 Å². The van der Waals surface area contributed by atoms with Crippen molar-refractivity contribution >= 4 is 44.6 Å². The molecule has 2 aromatic rings. The van der Waals surface area contributed by atoms with E-state index < -0.39 is 15.8 Å². The third-order valence-electron chi connectivity index (χ3n) is 2.48. The predicted molar refractivity (Wildman–Crippen MR) is 78.1 cm³/mol. The van der Waals surface area contributed by atoms with Gasteiger partial charge in [-0.25, -0.2) is 12.8 Å². The van der Waals surface area contributed by atoms with Crippen molar-refractivity contribution in [2.75, 3.05) is 10.5 Å². The fourth-order valence-electron chi connectivity index (χ4n) is 1.46. The Morgan fingerprint density at radius 3 is 2.50 bits per heavy atom. The largest absolute Gasteiger partial charge is 0.396 e. The molecule has 0 amide bonds. The second kappa shape index (κ2) is 5.47. The van der Waals surface area contributed by atoms with E-state index in [0.717, 1.165) is 6.07 Å². The number of anilines is 2. The fraction of sp³-hybridized carbons (Fsp3) is 0. The zero-order chi connectivity index (χ0) is 14.9. The lowest BCUT2D eigenvalue weighted by Crippen LogP contribution is -2.13. The Morgan fingerprint density at radius 2 is 1.85 bits per heavy atom. The van der Waals surface area contributed by atoms with Crippen molar-refractivity contribution in [3.8, 4) is 0 Å². The van der Waals surface area contributed by atoms with E-state index in [0.29, 0.717) is 0 Å². The average molecular weight is 335 g/mol. The van der Waals surface area contributed by atoms with Gasteiger partial charge in [0.05, 0.1) is 26.3 Å². The lowest BCUT2D eigenvalue weighted by Gasteiger charge is -2.10. The summed E-state index contributed by atoms with van der Waals surface area (Å²) >= 11 is 11.7. The minimum atomic E-state index is -3.98. The summed E-state index contributed by atoms with van der Waals surface area (Å²) in [7, 11) is -3.98. The van der Waals surface area contributed by atoms with Crippen LogP contribution in [0.1, 0.15) is 0 Å². The van der Waals surface area contributed by atoms with Crippen LogP contribution in [0.25, 0.3) is 0 Å². The number of hydrogen-bond donors (Lipinski definition) is 2. The Morgan fingerprint density at radius 1 is 1.15 bits per heavy atom. The van der Waals surface area contributed by atoms with E-state index in [-0.39, 0.29) is 26.3 Å². The van der Waals surface area contributed by atoms with Gasteiger partial charge >= 0.3 is 0 Å². The van der Waals surface area contributed by atoms with Crippen LogP contribution in [-0.2, 0) is 10.0 Å². The first kappa shape index (κ1) is 14.9. The standard InChI is InChI=1S/C12H9Cl2FN2O2S/c13-8-2-1-3-11(12(8)14)17-20(18,19)7-4-5-10(16)9(15)6-7/h1-6,17H,16H2. The molecule has 0 saturated heterocycles. The molecule has 0 bridgehead atoms. The second-order valence-corrected chi connectivity index (χ2v) is 6.36. The smallest absolute Gasteiger partial charge is 0.262 e. The molecule has 3 N–H and O–H groups in total. The Hall–Kier alpha value is -1.50. The Kier molecular flexibility index (Phi) is 4.08. The third-order valence-corrected chi connectivity index (χ3v) is 4.66. The van der Waals surface area contributed by atoms with E-state index in [1.807, 2.05) is 0 Å². The number of nitrogens with one attached hydrogen (secondary N) is 1. The number of nitrogen functional groups attached to an aromatic ring is 1. The molecule has 0 aliphatic carbocycles. The van der Waals surface area contributed by atoms with Gasteiger partial charge in [-0.1, -0.05) is 29.3 Å². The van der Waals surface area contributed by atoms with E-state index in [2.05, 4.69) is 4.72 Å². The number of halogens is 3. The molecule has 0 aliphatic rings. The lowest BCUT2D eigenvalue weighted by atomic mass is 10.3. The number of nitrogens with two attached hydrogens (primary N) is 1. The van der Waals surface area contributed by atoms with Crippen molar-refractivity contribution in [1.82, 2.24) is 0 Å². The van der Waals surface area contributed by atoms with Crippen LogP contribution in [0.3, 0.4) is 0 Å². The number of benzene rings is 2. The van der Waals surface area contributed by atoms with Crippen LogP contribution in [0, 0.1) is 5.82 Å². The van der Waals surface area contributed by atoms with Crippen LogP contribution >= 0.6 is 23.2 Å². The predicted octanol–water partition coefficient (Wildman–Crippen LogP) is 3.52. The van der Waals surface area contributed by atoms with E-state index in [9.17, 15) is 12.8 Å². The molecule has 0 saturated carbocycles. The molecule has 0 atom stereocenters. The van der Waals surface area contributed by atoms with E-state index in [1.165, 1.54) is 30.3 Å². The molecule has 0 fully saturated rings. The monoisotopic (exact) mass is 334 g/mol. The molecule has 20 heavy (non-hydrogen) atoms. The quantitative estimate of drug-likeness (QED) is 0.843. The molecule has 0 unspecified atom stereocenters. The molecule has 4 nitrogen and oxygen atoms in total. The maximum atomic E-state index is 13.3. The molecular weight excluding hydrogens is 326 g/mol. The molecule has 0 heterocycles. The summed E-state index contributed by atoms with van der Waals surface area (Å²) < 4.78 is 39.8. The highest BCUT2D eigenvalue weighted by Crippen LogP contribution is 2.31. The maximum absolute atomic E-state index is 13.3. The summed E-state index contributed by atoms with van der Waals surface area (Å²) in [6.07, 6.45) is 0. The van der Waals surface area contributed by atoms with E-state index >= 15 is 0 Å². The molecule has 8 heteroatoms. The summed E-state index contributed by atoms with van der Waals surface area (Å²) in [5.41, 5.74) is 5.27. The Bertz CT molecular complexity index is 766. The van der Waals surface area contributed by atoms with Crippen LogP contribution in [0.5, 0.6) is 0 Å². The summed E-state index contributed by atoms with van der Waals surface area (Å²) in [6.45, 7) is 0. The van der Waals surface area contributed by atoms with Gasteiger partial charge in [-0.05, 0) is 30.3 Å². The van der Waals surface area contributed by atoms with Gasteiger partial charge in [-0.2, -0.15) is 0 Å². The first-order valence-corrected chi connectivity index (χ1v) is 7.57. The summed E-state index contributed by atoms with van der Waals surface area (Å²) in [6, 6.07) is 7.69. The van der Waals surface area contributed by atoms with E-state index in [4.69, 9.17) is 28.9 Å². The zero-order valence-corrected chi connectivity index (χ0v) is 12.2. The van der Waals surface area contributed by atoms with E-state index in [1.54, 1.807) is 0 Å². The highest BCUT2D eigenvalue weighted by molar-refractivity contribution is 7.92. The number of sulfonamides is 1. The van der Waals surface area contributed by atoms with Crippen molar-refractivity contribution in [2.24, 2.45) is 0 Å². The maximum Gasteiger partial charge on any atom is 0.262 e.